The van der Waals surface area contributed by atoms with Crippen LogP contribution in [0, 0.1) is 5.82 Å². The van der Waals surface area contributed by atoms with Gasteiger partial charge in [0.05, 0.1) is 10.6 Å². The van der Waals surface area contributed by atoms with Gasteiger partial charge in [-0.15, -0.1) is 10.2 Å². The van der Waals surface area contributed by atoms with E-state index in [0.717, 1.165) is 16.4 Å². The second-order valence-corrected chi connectivity index (χ2v) is 8.40. The molecule has 1 amide bonds. The lowest BCUT2D eigenvalue weighted by molar-refractivity contribution is -0.113. The Hall–Kier alpha value is -3.16. The third-order valence-corrected chi connectivity index (χ3v) is 5.56. The number of nitrogens with zero attached hydrogens (tertiary/aromatic N) is 3. The average molecular weight is 452 g/mol. The predicted molar refractivity (Wildman–Crippen MR) is 108 cm³/mol. The normalized spacial score (nSPS) is 11.3. The van der Waals surface area contributed by atoms with Crippen molar-refractivity contribution in [1.29, 1.82) is 0 Å². The Labute approximate surface area is 175 Å². The number of halogens is 1. The fourth-order valence-corrected chi connectivity index (χ4v) is 3.52. The zero-order valence-electron chi connectivity index (χ0n) is 15.4. The molecule has 30 heavy (non-hydrogen) atoms. The molecule has 0 spiro atoms. The molecule has 0 radical (unpaired) electrons. The fourth-order valence-electron chi connectivity index (χ4n) is 2.29. The Morgan fingerprint density at radius 3 is 2.70 bits per heavy atom. The van der Waals surface area contributed by atoms with E-state index in [9.17, 15) is 17.6 Å². The number of thioether (sulfide) groups is 1. The van der Waals surface area contributed by atoms with Gasteiger partial charge in [-0.2, -0.15) is 0 Å². The SMILES string of the molecule is Nn1c(COc2ccccc2F)nnc1SCC(=O)Nc1cccc(S(N)(=O)=O)c1. The lowest BCUT2D eigenvalue weighted by atomic mass is 10.3. The third-order valence-electron chi connectivity index (χ3n) is 3.71. The largest absolute Gasteiger partial charge is 0.482 e. The molecule has 10 nitrogen and oxygen atoms in total. The minimum Gasteiger partial charge on any atom is -0.482 e. The van der Waals surface area contributed by atoms with Crippen LogP contribution in [0.1, 0.15) is 5.82 Å². The molecule has 0 aliphatic carbocycles. The number of para-hydroxylation sites is 1. The Balaban J connectivity index is 1.56. The minimum absolute atomic E-state index is 0.0517. The molecule has 3 aromatic rings. The summed E-state index contributed by atoms with van der Waals surface area (Å²) < 4.78 is 42.8. The molecule has 0 fully saturated rings. The molecule has 158 valence electrons. The summed E-state index contributed by atoms with van der Waals surface area (Å²) in [5, 5.41) is 15.6. The monoisotopic (exact) mass is 452 g/mol. The maximum Gasteiger partial charge on any atom is 0.238 e. The molecule has 0 saturated carbocycles. The lowest BCUT2D eigenvalue weighted by Gasteiger charge is -2.08. The molecule has 0 aliphatic heterocycles. The van der Waals surface area contributed by atoms with Gasteiger partial charge in [0, 0.05) is 5.69 Å². The first-order valence-electron chi connectivity index (χ1n) is 8.36. The standard InChI is InChI=1S/C17H17FN6O4S2/c18-13-6-1-2-7-14(13)28-9-15-22-23-17(24(15)19)29-10-16(25)21-11-4-3-5-12(8-11)30(20,26)27/h1-8H,9-10,19H2,(H,21,25)(H2,20,26,27). The van der Waals surface area contributed by atoms with E-state index in [-0.39, 0.29) is 39.7 Å². The first-order valence-corrected chi connectivity index (χ1v) is 10.9. The van der Waals surface area contributed by atoms with E-state index in [4.69, 9.17) is 15.7 Å². The third kappa shape index (κ3) is 5.46. The number of ether oxygens (including phenoxy) is 1. The summed E-state index contributed by atoms with van der Waals surface area (Å²) in [6.45, 7) is -0.114. The highest BCUT2D eigenvalue weighted by atomic mass is 32.2. The van der Waals surface area contributed by atoms with Crippen LogP contribution in [0.4, 0.5) is 10.1 Å². The summed E-state index contributed by atoms with van der Waals surface area (Å²) in [5.74, 6) is 5.19. The van der Waals surface area contributed by atoms with E-state index in [1.54, 1.807) is 12.1 Å². The van der Waals surface area contributed by atoms with Gasteiger partial charge in [0.25, 0.3) is 0 Å². The predicted octanol–water partition coefficient (Wildman–Crippen LogP) is 1.09. The molecular formula is C17H17FN6O4S2. The van der Waals surface area contributed by atoms with E-state index in [1.165, 1.54) is 36.4 Å². The molecule has 1 aromatic heterocycles. The Bertz CT molecular complexity index is 1170. The zero-order valence-corrected chi connectivity index (χ0v) is 17.0. The van der Waals surface area contributed by atoms with Crippen LogP contribution in [-0.2, 0) is 21.4 Å². The number of nitrogens with two attached hydrogens (primary N) is 2. The van der Waals surface area contributed by atoms with Gasteiger partial charge in [-0.05, 0) is 30.3 Å². The quantitative estimate of drug-likeness (QED) is 0.339. The van der Waals surface area contributed by atoms with Gasteiger partial charge in [-0.3, -0.25) is 4.79 Å². The maximum atomic E-state index is 13.6. The number of hydrogen-bond acceptors (Lipinski definition) is 8. The van der Waals surface area contributed by atoms with Crippen LogP contribution >= 0.6 is 11.8 Å². The number of carbonyl (C=O) groups is 1. The summed E-state index contributed by atoms with van der Waals surface area (Å²) in [4.78, 5) is 12.0. The average Bonchev–Trinajstić information content (AvgIpc) is 3.05. The lowest BCUT2D eigenvalue weighted by Crippen LogP contribution is -2.18. The van der Waals surface area contributed by atoms with E-state index < -0.39 is 21.7 Å². The van der Waals surface area contributed by atoms with Crippen molar-refractivity contribution < 1.29 is 22.3 Å². The highest BCUT2D eigenvalue weighted by molar-refractivity contribution is 7.99. The number of nitrogen functional groups attached to an aromatic ring is 1. The number of carbonyl (C=O) groups excluding carboxylic acids is 1. The molecule has 2 aromatic carbocycles. The number of sulfonamides is 1. The molecule has 1 heterocycles. The number of aromatic nitrogens is 3. The van der Waals surface area contributed by atoms with Gasteiger partial charge in [0.15, 0.2) is 17.4 Å². The van der Waals surface area contributed by atoms with Crippen LogP contribution in [0.5, 0.6) is 5.75 Å². The van der Waals surface area contributed by atoms with E-state index in [2.05, 4.69) is 15.5 Å². The van der Waals surface area contributed by atoms with Crippen molar-refractivity contribution >= 4 is 33.4 Å². The van der Waals surface area contributed by atoms with Crippen LogP contribution < -0.4 is 21.0 Å². The Kier molecular flexibility index (Phi) is 6.54. The van der Waals surface area contributed by atoms with Crippen LogP contribution in [0.3, 0.4) is 0 Å². The van der Waals surface area contributed by atoms with Crippen LogP contribution in [-0.4, -0.2) is 35.0 Å². The molecule has 0 saturated heterocycles. The smallest absolute Gasteiger partial charge is 0.238 e. The molecule has 0 bridgehead atoms. The highest BCUT2D eigenvalue weighted by Crippen LogP contribution is 2.19. The topological polar surface area (TPSA) is 155 Å². The summed E-state index contributed by atoms with van der Waals surface area (Å²) in [5.41, 5.74) is 0.278. The molecule has 0 unspecified atom stereocenters. The van der Waals surface area contributed by atoms with Crippen molar-refractivity contribution in [2.45, 2.75) is 16.7 Å². The number of nitrogens with one attached hydrogen (secondary N) is 1. The minimum atomic E-state index is -3.88. The number of amides is 1. The summed E-state index contributed by atoms with van der Waals surface area (Å²) in [7, 11) is -3.88. The van der Waals surface area contributed by atoms with Crippen molar-refractivity contribution in [2.75, 3.05) is 16.9 Å². The Morgan fingerprint density at radius 2 is 1.97 bits per heavy atom. The first kappa shape index (κ1) is 21.5. The molecular weight excluding hydrogens is 435 g/mol. The van der Waals surface area contributed by atoms with Crippen molar-refractivity contribution in [3.05, 3.63) is 60.2 Å². The van der Waals surface area contributed by atoms with Crippen molar-refractivity contribution in [3.8, 4) is 5.75 Å². The van der Waals surface area contributed by atoms with Crippen LogP contribution in [0.2, 0.25) is 0 Å². The van der Waals surface area contributed by atoms with Crippen molar-refractivity contribution in [2.24, 2.45) is 5.14 Å². The summed E-state index contributed by atoms with van der Waals surface area (Å²) >= 11 is 1.01. The molecule has 0 atom stereocenters. The molecule has 0 aliphatic rings. The fraction of sp³-hybridized carbons (Fsp3) is 0.118. The number of benzene rings is 2. The van der Waals surface area contributed by atoms with Gasteiger partial charge in [0.2, 0.25) is 21.1 Å². The van der Waals surface area contributed by atoms with Crippen LogP contribution in [0.25, 0.3) is 0 Å². The van der Waals surface area contributed by atoms with Gasteiger partial charge in [-0.1, -0.05) is 30.0 Å². The number of primary sulfonamides is 1. The summed E-state index contributed by atoms with van der Waals surface area (Å²) in [6, 6.07) is 11.5. The highest BCUT2D eigenvalue weighted by Gasteiger charge is 2.14. The van der Waals surface area contributed by atoms with Gasteiger partial charge in [-0.25, -0.2) is 22.6 Å². The van der Waals surface area contributed by atoms with E-state index in [1.807, 2.05) is 0 Å². The number of hydrogen-bond donors (Lipinski definition) is 3. The van der Waals surface area contributed by atoms with Gasteiger partial charge in [0.1, 0.15) is 6.61 Å². The second kappa shape index (κ2) is 9.11. The number of anilines is 1. The zero-order chi connectivity index (χ0) is 21.7. The number of rotatable bonds is 8. The van der Waals surface area contributed by atoms with E-state index >= 15 is 0 Å². The maximum absolute atomic E-state index is 13.6. The van der Waals surface area contributed by atoms with Gasteiger partial charge >= 0.3 is 0 Å². The van der Waals surface area contributed by atoms with Crippen molar-refractivity contribution in [1.82, 2.24) is 14.9 Å². The first-order chi connectivity index (χ1) is 14.2. The van der Waals surface area contributed by atoms with Gasteiger partial charge < -0.3 is 15.9 Å². The Morgan fingerprint density at radius 1 is 1.20 bits per heavy atom. The van der Waals surface area contributed by atoms with Crippen molar-refractivity contribution in [3.63, 3.8) is 0 Å². The summed E-state index contributed by atoms with van der Waals surface area (Å²) in [6.07, 6.45) is 0. The second-order valence-electron chi connectivity index (χ2n) is 5.90. The molecule has 13 heteroatoms. The molecule has 3 rings (SSSR count). The van der Waals surface area contributed by atoms with Crippen LogP contribution in [0.15, 0.2) is 58.6 Å². The molecule has 5 N–H and O–H groups in total. The van der Waals surface area contributed by atoms with E-state index in [0.29, 0.717) is 0 Å².